The van der Waals surface area contributed by atoms with Crippen LogP contribution >= 0.6 is 0 Å². The van der Waals surface area contributed by atoms with Crippen molar-refractivity contribution in [2.45, 2.75) is 56.6 Å². The standard InChI is InChI=1S/C24H32N2O4S/c1-30-19-22-8-6-21(7-9-22)18-25-24(27)15-12-20-10-13-23(14-11-20)31(28,29)26-16-4-2-3-5-17-26/h6-11,13-14H,2-5,12,15-19H2,1H3,(H,25,27). The Kier molecular flexibility index (Phi) is 8.63. The van der Waals surface area contributed by atoms with Gasteiger partial charge < -0.3 is 10.1 Å². The second-order valence-electron chi connectivity index (χ2n) is 7.99. The largest absolute Gasteiger partial charge is 0.380 e. The van der Waals surface area contributed by atoms with Gasteiger partial charge in [0.05, 0.1) is 11.5 Å². The molecule has 1 amide bonds. The molecule has 3 rings (SSSR count). The maximum atomic E-state index is 12.8. The molecular formula is C24H32N2O4S. The third-order valence-electron chi connectivity index (χ3n) is 5.59. The number of carbonyl (C=O) groups is 1. The third-order valence-corrected chi connectivity index (χ3v) is 7.50. The number of amides is 1. The second kappa shape index (κ2) is 11.4. The molecule has 1 aliphatic rings. The molecule has 0 aromatic heterocycles. The zero-order valence-corrected chi connectivity index (χ0v) is 19.0. The minimum Gasteiger partial charge on any atom is -0.380 e. The molecule has 7 heteroatoms. The van der Waals surface area contributed by atoms with E-state index in [1.165, 1.54) is 0 Å². The van der Waals surface area contributed by atoms with E-state index < -0.39 is 10.0 Å². The van der Waals surface area contributed by atoms with Gasteiger partial charge in [-0.05, 0) is 48.1 Å². The van der Waals surface area contributed by atoms with Crippen molar-refractivity contribution in [2.75, 3.05) is 20.2 Å². The Hall–Kier alpha value is -2.22. The Bertz CT molecular complexity index is 933. The van der Waals surface area contributed by atoms with E-state index in [9.17, 15) is 13.2 Å². The van der Waals surface area contributed by atoms with Crippen molar-refractivity contribution in [3.63, 3.8) is 0 Å². The first-order valence-electron chi connectivity index (χ1n) is 10.9. The van der Waals surface area contributed by atoms with E-state index in [1.807, 2.05) is 36.4 Å². The molecule has 2 aromatic rings. The highest BCUT2D eigenvalue weighted by molar-refractivity contribution is 7.89. The number of sulfonamides is 1. The molecule has 0 radical (unpaired) electrons. The van der Waals surface area contributed by atoms with Gasteiger partial charge >= 0.3 is 0 Å². The second-order valence-corrected chi connectivity index (χ2v) is 9.93. The van der Waals surface area contributed by atoms with Gasteiger partial charge in [0.2, 0.25) is 15.9 Å². The molecule has 6 nitrogen and oxygen atoms in total. The molecule has 0 spiro atoms. The monoisotopic (exact) mass is 444 g/mol. The summed E-state index contributed by atoms with van der Waals surface area (Å²) in [6.45, 7) is 2.25. The number of aryl methyl sites for hydroxylation is 1. The van der Waals surface area contributed by atoms with Crippen LogP contribution in [0.4, 0.5) is 0 Å². The summed E-state index contributed by atoms with van der Waals surface area (Å²) >= 11 is 0. The minimum absolute atomic E-state index is 0.0257. The summed E-state index contributed by atoms with van der Waals surface area (Å²) in [5, 5.41) is 2.93. The van der Waals surface area contributed by atoms with Gasteiger partial charge in [0, 0.05) is 33.2 Å². The summed E-state index contributed by atoms with van der Waals surface area (Å²) in [7, 11) is -1.77. The lowest BCUT2D eigenvalue weighted by atomic mass is 10.1. The molecule has 2 aromatic carbocycles. The number of hydrogen-bond donors (Lipinski definition) is 1. The minimum atomic E-state index is -3.43. The number of benzene rings is 2. The molecular weight excluding hydrogens is 412 g/mol. The number of carbonyl (C=O) groups excluding carboxylic acids is 1. The summed E-state index contributed by atoms with van der Waals surface area (Å²) in [6.07, 6.45) is 4.95. The van der Waals surface area contributed by atoms with Crippen molar-refractivity contribution in [1.82, 2.24) is 9.62 Å². The molecule has 1 aliphatic heterocycles. The summed E-state index contributed by atoms with van der Waals surface area (Å²) in [4.78, 5) is 12.5. The summed E-state index contributed by atoms with van der Waals surface area (Å²) in [5.74, 6) is -0.0257. The highest BCUT2D eigenvalue weighted by Gasteiger charge is 2.24. The molecule has 1 heterocycles. The molecule has 1 fully saturated rings. The average molecular weight is 445 g/mol. The lowest BCUT2D eigenvalue weighted by Gasteiger charge is -2.20. The highest BCUT2D eigenvalue weighted by Crippen LogP contribution is 2.21. The summed E-state index contributed by atoms with van der Waals surface area (Å²) in [5.41, 5.74) is 3.09. The van der Waals surface area contributed by atoms with Gasteiger partial charge in [0.1, 0.15) is 0 Å². The van der Waals surface area contributed by atoms with Crippen molar-refractivity contribution >= 4 is 15.9 Å². The van der Waals surface area contributed by atoms with Gasteiger partial charge in [0.15, 0.2) is 0 Å². The van der Waals surface area contributed by atoms with E-state index in [4.69, 9.17) is 4.74 Å². The normalized spacial score (nSPS) is 15.4. The SMILES string of the molecule is COCc1ccc(CNC(=O)CCc2ccc(S(=O)(=O)N3CCCCCC3)cc2)cc1. The van der Waals surface area contributed by atoms with Crippen LogP contribution in [-0.2, 0) is 39.1 Å². The quantitative estimate of drug-likeness (QED) is 0.641. The van der Waals surface area contributed by atoms with Crippen molar-refractivity contribution in [3.05, 3.63) is 65.2 Å². The van der Waals surface area contributed by atoms with E-state index in [2.05, 4.69) is 5.32 Å². The number of hydrogen-bond acceptors (Lipinski definition) is 4. The lowest BCUT2D eigenvalue weighted by molar-refractivity contribution is -0.121. The molecule has 1 saturated heterocycles. The lowest BCUT2D eigenvalue weighted by Crippen LogP contribution is -2.31. The Labute approximate surface area is 185 Å². The average Bonchev–Trinajstić information content (AvgIpc) is 3.08. The number of nitrogens with zero attached hydrogens (tertiary/aromatic N) is 1. The van der Waals surface area contributed by atoms with Gasteiger partial charge in [-0.3, -0.25) is 4.79 Å². The van der Waals surface area contributed by atoms with Crippen LogP contribution in [0.15, 0.2) is 53.4 Å². The number of rotatable bonds is 9. The Morgan fingerprint density at radius 1 is 0.903 bits per heavy atom. The fraction of sp³-hybridized carbons (Fsp3) is 0.458. The maximum absolute atomic E-state index is 12.8. The van der Waals surface area contributed by atoms with Gasteiger partial charge in [-0.2, -0.15) is 4.31 Å². The molecule has 168 valence electrons. The first kappa shape index (κ1) is 23.4. The van der Waals surface area contributed by atoms with E-state index in [1.54, 1.807) is 23.5 Å². The van der Waals surface area contributed by atoms with Gasteiger partial charge in [0.25, 0.3) is 0 Å². The van der Waals surface area contributed by atoms with Crippen LogP contribution in [0.5, 0.6) is 0 Å². The zero-order valence-electron chi connectivity index (χ0n) is 18.2. The highest BCUT2D eigenvalue weighted by atomic mass is 32.2. The van der Waals surface area contributed by atoms with E-state index in [0.717, 1.165) is 42.4 Å². The van der Waals surface area contributed by atoms with E-state index in [0.29, 0.717) is 44.0 Å². The molecule has 0 unspecified atom stereocenters. The predicted octanol–water partition coefficient (Wildman–Crippen LogP) is 3.65. The smallest absolute Gasteiger partial charge is 0.243 e. The Morgan fingerprint density at radius 2 is 1.48 bits per heavy atom. The van der Waals surface area contributed by atoms with Crippen LogP contribution in [0.3, 0.4) is 0 Å². The van der Waals surface area contributed by atoms with Crippen LogP contribution in [-0.4, -0.2) is 38.8 Å². The summed E-state index contributed by atoms with van der Waals surface area (Å²) < 4.78 is 32.4. The molecule has 31 heavy (non-hydrogen) atoms. The van der Waals surface area contributed by atoms with E-state index in [-0.39, 0.29) is 5.91 Å². The number of methoxy groups -OCH3 is 1. The molecule has 1 N–H and O–H groups in total. The Morgan fingerprint density at radius 3 is 2.10 bits per heavy atom. The van der Waals surface area contributed by atoms with Crippen molar-refractivity contribution < 1.29 is 17.9 Å². The van der Waals surface area contributed by atoms with Crippen LogP contribution in [0.1, 0.15) is 48.8 Å². The van der Waals surface area contributed by atoms with Crippen molar-refractivity contribution in [2.24, 2.45) is 0 Å². The fourth-order valence-corrected chi connectivity index (χ4v) is 5.24. The van der Waals surface area contributed by atoms with E-state index >= 15 is 0 Å². The van der Waals surface area contributed by atoms with Gasteiger partial charge in [-0.1, -0.05) is 49.2 Å². The van der Waals surface area contributed by atoms with Gasteiger partial charge in [-0.15, -0.1) is 0 Å². The predicted molar refractivity (Wildman–Crippen MR) is 121 cm³/mol. The van der Waals surface area contributed by atoms with Crippen LogP contribution in [0.25, 0.3) is 0 Å². The number of ether oxygens (including phenoxy) is 1. The molecule has 0 atom stereocenters. The summed E-state index contributed by atoms with van der Waals surface area (Å²) in [6, 6.07) is 14.9. The maximum Gasteiger partial charge on any atom is 0.243 e. The van der Waals surface area contributed by atoms with Crippen LogP contribution < -0.4 is 5.32 Å². The molecule has 0 bridgehead atoms. The van der Waals surface area contributed by atoms with Gasteiger partial charge in [-0.25, -0.2) is 8.42 Å². The molecule has 0 saturated carbocycles. The first-order valence-corrected chi connectivity index (χ1v) is 12.4. The van der Waals surface area contributed by atoms with Crippen LogP contribution in [0, 0.1) is 0 Å². The first-order chi connectivity index (χ1) is 15.0. The molecule has 0 aliphatic carbocycles. The third kappa shape index (κ3) is 6.89. The number of nitrogens with one attached hydrogen (secondary N) is 1. The van der Waals surface area contributed by atoms with Crippen LogP contribution in [0.2, 0.25) is 0 Å². The topological polar surface area (TPSA) is 75.7 Å². The fourth-order valence-electron chi connectivity index (χ4n) is 3.73. The van der Waals surface area contributed by atoms with Crippen molar-refractivity contribution in [3.8, 4) is 0 Å². The van der Waals surface area contributed by atoms with Crippen molar-refractivity contribution in [1.29, 1.82) is 0 Å². The Balaban J connectivity index is 1.47. The zero-order chi connectivity index (χ0) is 22.1.